The Bertz CT molecular complexity index is 379. The Labute approximate surface area is 123 Å². The lowest BCUT2D eigenvalue weighted by molar-refractivity contribution is 0.127. The minimum atomic E-state index is -0.413. The molecule has 112 valence electrons. The fourth-order valence-electron chi connectivity index (χ4n) is 3.15. The molecule has 1 aliphatic rings. The summed E-state index contributed by atoms with van der Waals surface area (Å²) in [4.78, 5) is 0. The largest absolute Gasteiger partial charge is 0.387 e. The maximum absolute atomic E-state index is 10.5. The van der Waals surface area contributed by atoms with Crippen molar-refractivity contribution in [3.8, 4) is 0 Å². The Morgan fingerprint density at radius 3 is 2.25 bits per heavy atom. The van der Waals surface area contributed by atoms with Gasteiger partial charge in [0.05, 0.1) is 6.10 Å². The molecule has 2 rings (SSSR count). The molecule has 1 saturated carbocycles. The van der Waals surface area contributed by atoms with Gasteiger partial charge in [-0.15, -0.1) is 0 Å². The number of hydrogen-bond acceptors (Lipinski definition) is 2. The van der Waals surface area contributed by atoms with Crippen LogP contribution < -0.4 is 5.32 Å². The Morgan fingerprint density at radius 2 is 1.70 bits per heavy atom. The van der Waals surface area contributed by atoms with E-state index < -0.39 is 6.10 Å². The van der Waals surface area contributed by atoms with E-state index in [1.54, 1.807) is 0 Å². The fourth-order valence-corrected chi connectivity index (χ4v) is 3.15. The first-order valence-corrected chi connectivity index (χ1v) is 8.23. The van der Waals surface area contributed by atoms with Crippen molar-refractivity contribution in [3.05, 3.63) is 35.4 Å². The van der Waals surface area contributed by atoms with Gasteiger partial charge >= 0.3 is 0 Å². The number of aliphatic hydroxyl groups excluding tert-OH is 1. The zero-order valence-corrected chi connectivity index (χ0v) is 12.9. The molecule has 0 bridgehead atoms. The summed E-state index contributed by atoms with van der Waals surface area (Å²) in [6, 6.07) is 9.07. The van der Waals surface area contributed by atoms with Crippen LogP contribution >= 0.6 is 0 Å². The average molecular weight is 275 g/mol. The van der Waals surface area contributed by atoms with Gasteiger partial charge in [0.2, 0.25) is 0 Å². The molecule has 1 aromatic carbocycles. The van der Waals surface area contributed by atoms with Crippen LogP contribution in [0.3, 0.4) is 0 Å². The lowest BCUT2D eigenvalue weighted by Gasteiger charge is -2.26. The smallest absolute Gasteiger partial charge is 0.0940 e. The van der Waals surface area contributed by atoms with Crippen LogP contribution in [0.25, 0.3) is 0 Å². The summed E-state index contributed by atoms with van der Waals surface area (Å²) in [6.07, 6.45) is 8.53. The van der Waals surface area contributed by atoms with Gasteiger partial charge in [-0.25, -0.2) is 0 Å². The topological polar surface area (TPSA) is 32.3 Å². The van der Waals surface area contributed by atoms with Crippen LogP contribution in [0.15, 0.2) is 24.3 Å². The minimum Gasteiger partial charge on any atom is -0.387 e. The molecule has 0 radical (unpaired) electrons. The monoisotopic (exact) mass is 275 g/mol. The highest BCUT2D eigenvalue weighted by Crippen LogP contribution is 2.22. The van der Waals surface area contributed by atoms with E-state index in [-0.39, 0.29) is 6.04 Å². The molecule has 0 heterocycles. The Kier molecular flexibility index (Phi) is 6.06. The van der Waals surface area contributed by atoms with E-state index in [1.807, 2.05) is 0 Å². The molecule has 20 heavy (non-hydrogen) atoms. The average Bonchev–Trinajstić information content (AvgIpc) is 2.75. The quantitative estimate of drug-likeness (QED) is 0.797. The maximum Gasteiger partial charge on any atom is 0.0940 e. The zero-order valence-electron chi connectivity index (χ0n) is 12.9. The van der Waals surface area contributed by atoms with Gasteiger partial charge in [-0.1, -0.05) is 56.9 Å². The lowest BCUT2D eigenvalue weighted by Crippen LogP contribution is -2.39. The normalized spacial score (nSPS) is 20.4. The van der Waals surface area contributed by atoms with Crippen molar-refractivity contribution in [2.45, 2.75) is 77.0 Å². The molecule has 2 nitrogen and oxygen atoms in total. The zero-order chi connectivity index (χ0) is 14.4. The number of nitrogens with one attached hydrogen (secondary N) is 1. The van der Waals surface area contributed by atoms with E-state index in [1.165, 1.54) is 44.1 Å². The van der Waals surface area contributed by atoms with Crippen LogP contribution in [0.4, 0.5) is 0 Å². The third-order valence-electron chi connectivity index (χ3n) is 4.56. The van der Waals surface area contributed by atoms with Gasteiger partial charge in [-0.3, -0.25) is 0 Å². The molecular formula is C18H29NO. The minimum absolute atomic E-state index is 0.116. The van der Waals surface area contributed by atoms with Gasteiger partial charge in [0.15, 0.2) is 0 Å². The van der Waals surface area contributed by atoms with Crippen molar-refractivity contribution < 1.29 is 5.11 Å². The second kappa shape index (κ2) is 7.80. The molecule has 2 heteroatoms. The summed E-state index contributed by atoms with van der Waals surface area (Å²) in [6.45, 7) is 4.25. The third-order valence-corrected chi connectivity index (χ3v) is 4.56. The van der Waals surface area contributed by atoms with E-state index in [9.17, 15) is 5.11 Å². The summed E-state index contributed by atoms with van der Waals surface area (Å²) in [7, 11) is 0. The molecule has 1 aromatic rings. The first-order chi connectivity index (χ1) is 9.70. The fraction of sp³-hybridized carbons (Fsp3) is 0.667. The highest BCUT2D eigenvalue weighted by molar-refractivity contribution is 5.24. The van der Waals surface area contributed by atoms with Crippen LogP contribution in [0.2, 0.25) is 0 Å². The number of aliphatic hydroxyl groups is 1. The van der Waals surface area contributed by atoms with Crippen molar-refractivity contribution in [1.82, 2.24) is 5.32 Å². The Balaban J connectivity index is 1.91. The highest BCUT2D eigenvalue weighted by Gasteiger charge is 2.20. The summed E-state index contributed by atoms with van der Waals surface area (Å²) in [5.74, 6) is 0. The molecule has 0 amide bonds. The van der Waals surface area contributed by atoms with Gasteiger partial charge in [0.1, 0.15) is 0 Å². The molecule has 0 aliphatic heterocycles. The molecule has 0 saturated heterocycles. The highest BCUT2D eigenvalue weighted by atomic mass is 16.3. The summed E-state index contributed by atoms with van der Waals surface area (Å²) in [5, 5.41) is 14.1. The molecule has 2 unspecified atom stereocenters. The Hall–Kier alpha value is -0.860. The third kappa shape index (κ3) is 4.32. The van der Waals surface area contributed by atoms with Crippen molar-refractivity contribution in [3.63, 3.8) is 0 Å². The van der Waals surface area contributed by atoms with E-state index in [4.69, 9.17) is 0 Å². The number of hydrogen-bond donors (Lipinski definition) is 2. The second-order valence-electron chi connectivity index (χ2n) is 6.18. The molecule has 2 N–H and O–H groups in total. The molecule has 0 spiro atoms. The van der Waals surface area contributed by atoms with Crippen molar-refractivity contribution in [2.24, 2.45) is 0 Å². The van der Waals surface area contributed by atoms with E-state index in [2.05, 4.69) is 43.4 Å². The second-order valence-corrected chi connectivity index (χ2v) is 6.18. The number of benzene rings is 1. The summed E-state index contributed by atoms with van der Waals surface area (Å²) in [5.41, 5.74) is 2.35. The van der Waals surface area contributed by atoms with Gasteiger partial charge in [0, 0.05) is 12.1 Å². The van der Waals surface area contributed by atoms with Crippen LogP contribution in [-0.2, 0) is 6.42 Å². The van der Waals surface area contributed by atoms with Gasteiger partial charge in [-0.05, 0) is 37.3 Å². The van der Waals surface area contributed by atoms with Crippen molar-refractivity contribution in [1.29, 1.82) is 0 Å². The van der Waals surface area contributed by atoms with Crippen molar-refractivity contribution >= 4 is 0 Å². The van der Waals surface area contributed by atoms with Crippen LogP contribution in [-0.4, -0.2) is 17.2 Å². The van der Waals surface area contributed by atoms with Gasteiger partial charge < -0.3 is 10.4 Å². The molecule has 1 fully saturated rings. The molecule has 0 aromatic heterocycles. The van der Waals surface area contributed by atoms with Crippen LogP contribution in [0.1, 0.15) is 69.6 Å². The summed E-state index contributed by atoms with van der Waals surface area (Å²) >= 11 is 0. The molecular weight excluding hydrogens is 246 g/mol. The van der Waals surface area contributed by atoms with Crippen LogP contribution in [0, 0.1) is 0 Å². The van der Waals surface area contributed by atoms with E-state index >= 15 is 0 Å². The van der Waals surface area contributed by atoms with Gasteiger partial charge in [0.25, 0.3) is 0 Å². The SMILES string of the molecule is CCc1ccc(C(O)C(C)NC2CCCCCC2)cc1. The molecule has 1 aliphatic carbocycles. The molecule has 2 atom stereocenters. The van der Waals surface area contributed by atoms with E-state index in [0.717, 1.165) is 12.0 Å². The number of rotatable bonds is 5. The van der Waals surface area contributed by atoms with Gasteiger partial charge in [-0.2, -0.15) is 0 Å². The predicted octanol–water partition coefficient (Wildman–Crippen LogP) is 3.98. The van der Waals surface area contributed by atoms with Crippen LogP contribution in [0.5, 0.6) is 0 Å². The van der Waals surface area contributed by atoms with E-state index in [0.29, 0.717) is 6.04 Å². The maximum atomic E-state index is 10.5. The summed E-state index contributed by atoms with van der Waals surface area (Å²) < 4.78 is 0. The predicted molar refractivity (Wildman–Crippen MR) is 84.9 cm³/mol. The lowest BCUT2D eigenvalue weighted by atomic mass is 9.99. The first kappa shape index (κ1) is 15.5. The standard InChI is InChI=1S/C18H29NO/c1-3-15-10-12-16(13-11-15)18(20)14(2)19-17-8-6-4-5-7-9-17/h10-14,17-20H,3-9H2,1-2H3. The first-order valence-electron chi connectivity index (χ1n) is 8.23. The van der Waals surface area contributed by atoms with Crippen molar-refractivity contribution in [2.75, 3.05) is 0 Å². The Morgan fingerprint density at radius 1 is 1.10 bits per heavy atom. The number of aryl methyl sites for hydroxylation is 1.